The first-order chi connectivity index (χ1) is 9.58. The predicted molar refractivity (Wildman–Crippen MR) is 76.7 cm³/mol. The van der Waals surface area contributed by atoms with Crippen LogP contribution in [0.2, 0.25) is 0 Å². The van der Waals surface area contributed by atoms with Gasteiger partial charge in [-0.3, -0.25) is 14.6 Å². The second-order valence-electron chi connectivity index (χ2n) is 4.76. The third kappa shape index (κ3) is 1.85. The Hall–Kier alpha value is -2.63. The number of nitrogens with zero attached hydrogens (tertiary/aromatic N) is 3. The van der Waals surface area contributed by atoms with Gasteiger partial charge < -0.3 is 5.32 Å². The molecule has 0 saturated carbocycles. The van der Waals surface area contributed by atoms with Gasteiger partial charge in [-0.25, -0.2) is 0 Å². The topological polar surface area (TPSA) is 75.6 Å². The molecule has 0 fully saturated rings. The lowest BCUT2D eigenvalue weighted by molar-refractivity contribution is 0.102. The van der Waals surface area contributed by atoms with Gasteiger partial charge in [0.2, 0.25) is 0 Å². The van der Waals surface area contributed by atoms with Gasteiger partial charge in [-0.05, 0) is 19.9 Å². The molecule has 0 bridgehead atoms. The number of hydrogen-bond donors (Lipinski definition) is 2. The van der Waals surface area contributed by atoms with E-state index in [1.807, 2.05) is 33.0 Å². The van der Waals surface area contributed by atoms with Crippen molar-refractivity contribution in [1.29, 1.82) is 0 Å². The number of aromatic nitrogens is 4. The standard InChI is InChI=1S/C14H15N5O/c1-8-12(9(2)19(3)18-8)16-14(20)11-6-4-5-10-7-15-17-13(10)11/h4-7H,1-3H3,(H,15,17)(H,16,20). The van der Waals surface area contributed by atoms with E-state index in [1.54, 1.807) is 16.9 Å². The Balaban J connectivity index is 1.99. The zero-order chi connectivity index (χ0) is 14.3. The summed E-state index contributed by atoms with van der Waals surface area (Å²) < 4.78 is 1.75. The molecule has 0 aliphatic rings. The number of para-hydroxylation sites is 1. The number of carbonyl (C=O) groups excluding carboxylic acids is 1. The van der Waals surface area contributed by atoms with Crippen LogP contribution in [0.3, 0.4) is 0 Å². The number of H-pyrrole nitrogens is 1. The van der Waals surface area contributed by atoms with Crippen molar-refractivity contribution in [1.82, 2.24) is 20.0 Å². The van der Waals surface area contributed by atoms with Crippen molar-refractivity contribution in [3.63, 3.8) is 0 Å². The Labute approximate surface area is 115 Å². The molecule has 2 aromatic heterocycles. The summed E-state index contributed by atoms with van der Waals surface area (Å²) in [5.74, 6) is -0.168. The number of anilines is 1. The summed E-state index contributed by atoms with van der Waals surface area (Å²) in [6.07, 6.45) is 1.70. The summed E-state index contributed by atoms with van der Waals surface area (Å²) in [6, 6.07) is 5.53. The highest BCUT2D eigenvalue weighted by molar-refractivity contribution is 6.12. The summed E-state index contributed by atoms with van der Waals surface area (Å²) in [7, 11) is 1.85. The smallest absolute Gasteiger partial charge is 0.257 e. The second kappa shape index (κ2) is 4.48. The summed E-state index contributed by atoms with van der Waals surface area (Å²) >= 11 is 0. The maximum atomic E-state index is 12.4. The maximum absolute atomic E-state index is 12.4. The van der Waals surface area contributed by atoms with E-state index in [4.69, 9.17) is 0 Å². The monoisotopic (exact) mass is 269 g/mol. The largest absolute Gasteiger partial charge is 0.319 e. The number of benzene rings is 1. The molecule has 2 N–H and O–H groups in total. The predicted octanol–water partition coefficient (Wildman–Crippen LogP) is 2.17. The first-order valence-corrected chi connectivity index (χ1v) is 6.31. The van der Waals surface area contributed by atoms with E-state index in [-0.39, 0.29) is 5.91 Å². The van der Waals surface area contributed by atoms with Gasteiger partial charge >= 0.3 is 0 Å². The molecule has 0 saturated heterocycles. The number of carbonyl (C=O) groups is 1. The van der Waals surface area contributed by atoms with Gasteiger partial charge in [0.05, 0.1) is 34.4 Å². The summed E-state index contributed by atoms with van der Waals surface area (Å²) in [5.41, 5.74) is 3.80. The van der Waals surface area contributed by atoms with E-state index in [2.05, 4.69) is 20.6 Å². The molecule has 0 atom stereocenters. The maximum Gasteiger partial charge on any atom is 0.257 e. The first-order valence-electron chi connectivity index (χ1n) is 6.31. The first kappa shape index (κ1) is 12.4. The quantitative estimate of drug-likeness (QED) is 0.748. The van der Waals surface area contributed by atoms with Crippen molar-refractivity contribution in [2.75, 3.05) is 5.32 Å². The third-order valence-corrected chi connectivity index (χ3v) is 3.47. The van der Waals surface area contributed by atoms with Crippen molar-refractivity contribution < 1.29 is 4.79 Å². The van der Waals surface area contributed by atoms with Crippen LogP contribution in [0.25, 0.3) is 10.9 Å². The number of rotatable bonds is 2. The molecule has 102 valence electrons. The van der Waals surface area contributed by atoms with E-state index < -0.39 is 0 Å². The minimum absolute atomic E-state index is 0.168. The van der Waals surface area contributed by atoms with Crippen molar-refractivity contribution in [2.24, 2.45) is 7.05 Å². The van der Waals surface area contributed by atoms with Crippen LogP contribution in [0.5, 0.6) is 0 Å². The molecule has 0 aliphatic heterocycles. The van der Waals surface area contributed by atoms with Crippen LogP contribution in [0.15, 0.2) is 24.4 Å². The molecule has 3 rings (SSSR count). The molecule has 20 heavy (non-hydrogen) atoms. The van der Waals surface area contributed by atoms with Gasteiger partial charge in [0.15, 0.2) is 0 Å². The Morgan fingerprint density at radius 2 is 2.15 bits per heavy atom. The highest BCUT2D eigenvalue weighted by Gasteiger charge is 2.16. The Kier molecular flexibility index (Phi) is 2.78. The number of aryl methyl sites for hydroxylation is 2. The molecule has 0 spiro atoms. The van der Waals surface area contributed by atoms with E-state index in [1.165, 1.54) is 0 Å². The molecule has 1 aromatic carbocycles. The van der Waals surface area contributed by atoms with Crippen LogP contribution >= 0.6 is 0 Å². The van der Waals surface area contributed by atoms with E-state index in [0.29, 0.717) is 5.56 Å². The van der Waals surface area contributed by atoms with Crippen LogP contribution in [-0.2, 0) is 7.05 Å². The number of amides is 1. The van der Waals surface area contributed by atoms with Gasteiger partial charge in [0.25, 0.3) is 5.91 Å². The van der Waals surface area contributed by atoms with E-state index in [0.717, 1.165) is 28.0 Å². The average Bonchev–Trinajstić information content (AvgIpc) is 2.99. The van der Waals surface area contributed by atoms with Crippen LogP contribution in [0.1, 0.15) is 21.7 Å². The molecule has 6 nitrogen and oxygen atoms in total. The number of aromatic amines is 1. The fourth-order valence-electron chi connectivity index (χ4n) is 2.29. The molecular formula is C14H15N5O. The van der Waals surface area contributed by atoms with Gasteiger partial charge in [-0.2, -0.15) is 10.2 Å². The number of nitrogens with one attached hydrogen (secondary N) is 2. The van der Waals surface area contributed by atoms with Crippen molar-refractivity contribution >= 4 is 22.5 Å². The highest BCUT2D eigenvalue weighted by Crippen LogP contribution is 2.21. The molecule has 0 unspecified atom stereocenters. The third-order valence-electron chi connectivity index (χ3n) is 3.47. The summed E-state index contributed by atoms with van der Waals surface area (Å²) in [4.78, 5) is 12.4. The van der Waals surface area contributed by atoms with Gasteiger partial charge in [-0.1, -0.05) is 12.1 Å². The molecule has 2 heterocycles. The van der Waals surface area contributed by atoms with E-state index in [9.17, 15) is 4.79 Å². The molecule has 0 aliphatic carbocycles. The second-order valence-corrected chi connectivity index (χ2v) is 4.76. The van der Waals surface area contributed by atoms with Crippen LogP contribution < -0.4 is 5.32 Å². The normalized spacial score (nSPS) is 10.9. The Morgan fingerprint density at radius 1 is 1.35 bits per heavy atom. The number of fused-ring (bicyclic) bond motifs is 1. The lowest BCUT2D eigenvalue weighted by Gasteiger charge is -2.06. The minimum atomic E-state index is -0.168. The lowest BCUT2D eigenvalue weighted by Crippen LogP contribution is -2.13. The van der Waals surface area contributed by atoms with Gasteiger partial charge in [0.1, 0.15) is 0 Å². The lowest BCUT2D eigenvalue weighted by atomic mass is 10.1. The average molecular weight is 269 g/mol. The van der Waals surface area contributed by atoms with Crippen molar-refractivity contribution in [2.45, 2.75) is 13.8 Å². The van der Waals surface area contributed by atoms with Crippen LogP contribution in [0.4, 0.5) is 5.69 Å². The number of hydrogen-bond acceptors (Lipinski definition) is 3. The zero-order valence-corrected chi connectivity index (χ0v) is 11.6. The van der Waals surface area contributed by atoms with Crippen molar-refractivity contribution in [3.05, 3.63) is 41.3 Å². The van der Waals surface area contributed by atoms with Crippen molar-refractivity contribution in [3.8, 4) is 0 Å². The molecular weight excluding hydrogens is 254 g/mol. The van der Waals surface area contributed by atoms with Gasteiger partial charge in [-0.15, -0.1) is 0 Å². The molecule has 1 amide bonds. The zero-order valence-electron chi connectivity index (χ0n) is 11.6. The Morgan fingerprint density at radius 3 is 2.85 bits per heavy atom. The minimum Gasteiger partial charge on any atom is -0.319 e. The molecule has 3 aromatic rings. The fraction of sp³-hybridized carbons (Fsp3) is 0.214. The SMILES string of the molecule is Cc1nn(C)c(C)c1NC(=O)c1cccc2cn[nH]c12. The van der Waals surface area contributed by atoms with E-state index >= 15 is 0 Å². The van der Waals surface area contributed by atoms with Crippen LogP contribution in [-0.4, -0.2) is 25.9 Å². The summed E-state index contributed by atoms with van der Waals surface area (Å²) in [5, 5.41) is 15.0. The van der Waals surface area contributed by atoms with Gasteiger partial charge in [0, 0.05) is 12.4 Å². The highest BCUT2D eigenvalue weighted by atomic mass is 16.1. The van der Waals surface area contributed by atoms with Crippen LogP contribution in [0, 0.1) is 13.8 Å². The molecule has 0 radical (unpaired) electrons. The molecule has 6 heteroatoms. The Bertz CT molecular complexity index is 799. The summed E-state index contributed by atoms with van der Waals surface area (Å²) in [6.45, 7) is 3.80. The fourth-order valence-corrected chi connectivity index (χ4v) is 2.29.